The first-order chi connectivity index (χ1) is 12.0. The molecule has 0 saturated carbocycles. The number of rotatable bonds is 7. The van der Waals surface area contributed by atoms with Crippen molar-refractivity contribution in [2.75, 3.05) is 6.54 Å². The Morgan fingerprint density at radius 1 is 1.00 bits per heavy atom. The third-order valence-electron chi connectivity index (χ3n) is 3.46. The number of amides is 2. The molecule has 2 aromatic rings. The van der Waals surface area contributed by atoms with Gasteiger partial charge < -0.3 is 15.7 Å². The van der Waals surface area contributed by atoms with E-state index in [9.17, 15) is 19.5 Å². The van der Waals surface area contributed by atoms with Crippen molar-refractivity contribution in [1.82, 2.24) is 10.6 Å². The third-order valence-corrected chi connectivity index (χ3v) is 4.23. The molecule has 0 bridgehead atoms. The van der Waals surface area contributed by atoms with Crippen LogP contribution in [0.1, 0.15) is 15.9 Å². The zero-order valence-corrected chi connectivity index (χ0v) is 14.8. The number of carboxylic acids is 1. The summed E-state index contributed by atoms with van der Waals surface area (Å²) in [5.41, 5.74) is 1.20. The molecule has 6 nitrogen and oxygen atoms in total. The number of carboxylic acid groups (broad SMARTS) is 1. The first kappa shape index (κ1) is 18.7. The van der Waals surface area contributed by atoms with Gasteiger partial charge in [0.15, 0.2) is 0 Å². The van der Waals surface area contributed by atoms with Crippen LogP contribution in [0.25, 0.3) is 0 Å². The van der Waals surface area contributed by atoms with Crippen LogP contribution in [-0.4, -0.2) is 35.5 Å². The maximum atomic E-state index is 12.0. The molecule has 130 valence electrons. The highest BCUT2D eigenvalue weighted by atomic mass is 79.9. The number of carbonyl (C=O) groups is 3. The minimum absolute atomic E-state index is 0.134. The number of hydrogen-bond acceptors (Lipinski definition) is 3. The Morgan fingerprint density at radius 3 is 2.28 bits per heavy atom. The third kappa shape index (κ3) is 5.72. The summed E-state index contributed by atoms with van der Waals surface area (Å²) in [5.74, 6) is -2.10. The fraction of sp³-hybridized carbons (Fsp3) is 0.167. The summed E-state index contributed by atoms with van der Waals surface area (Å²) in [7, 11) is 0. The zero-order chi connectivity index (χ0) is 18.2. The molecule has 0 fully saturated rings. The zero-order valence-electron chi connectivity index (χ0n) is 13.2. The van der Waals surface area contributed by atoms with E-state index in [0.29, 0.717) is 5.56 Å². The van der Waals surface area contributed by atoms with E-state index in [1.807, 2.05) is 6.07 Å². The Kier molecular flexibility index (Phi) is 6.71. The molecule has 0 saturated heterocycles. The second-order valence-corrected chi connectivity index (χ2v) is 6.16. The van der Waals surface area contributed by atoms with Crippen LogP contribution in [-0.2, 0) is 16.0 Å². The Hall–Kier alpha value is -2.67. The Labute approximate surface area is 153 Å². The fourth-order valence-corrected chi connectivity index (χ4v) is 2.63. The molecule has 2 rings (SSSR count). The van der Waals surface area contributed by atoms with Gasteiger partial charge in [-0.3, -0.25) is 9.59 Å². The molecule has 3 N–H and O–H groups in total. The van der Waals surface area contributed by atoms with Crippen LogP contribution < -0.4 is 10.6 Å². The van der Waals surface area contributed by atoms with Crippen LogP contribution in [0.2, 0.25) is 0 Å². The van der Waals surface area contributed by atoms with Gasteiger partial charge >= 0.3 is 5.97 Å². The van der Waals surface area contributed by atoms with Gasteiger partial charge in [0, 0.05) is 16.5 Å². The lowest BCUT2D eigenvalue weighted by atomic mass is 10.1. The monoisotopic (exact) mass is 404 g/mol. The maximum absolute atomic E-state index is 12.0. The van der Waals surface area contributed by atoms with E-state index in [0.717, 1.165) is 10.0 Å². The summed E-state index contributed by atoms with van der Waals surface area (Å²) in [6, 6.07) is 14.6. The van der Waals surface area contributed by atoms with E-state index in [2.05, 4.69) is 26.6 Å². The lowest BCUT2D eigenvalue weighted by Gasteiger charge is -2.15. The Morgan fingerprint density at radius 2 is 1.64 bits per heavy atom. The van der Waals surface area contributed by atoms with Crippen molar-refractivity contribution in [3.63, 3.8) is 0 Å². The normalized spacial score (nSPS) is 11.4. The Bertz CT molecular complexity index is 765. The van der Waals surface area contributed by atoms with Crippen molar-refractivity contribution in [3.8, 4) is 0 Å². The van der Waals surface area contributed by atoms with Crippen molar-refractivity contribution in [2.45, 2.75) is 12.5 Å². The topological polar surface area (TPSA) is 95.5 Å². The van der Waals surface area contributed by atoms with Crippen LogP contribution in [0.5, 0.6) is 0 Å². The molecule has 2 aromatic carbocycles. The number of benzene rings is 2. The molecule has 2 amide bonds. The number of aliphatic carboxylic acids is 1. The molecule has 7 heteroatoms. The standard InChI is InChI=1S/C18H17BrN2O4/c19-14-9-5-4-8-13(14)10-15(18(24)25)21-16(22)11-20-17(23)12-6-2-1-3-7-12/h1-9,15H,10-11H2,(H,20,23)(H,21,22)(H,24,25)/t15-/m1/s1. The number of carbonyl (C=O) groups excluding carboxylic acids is 2. The van der Waals surface area contributed by atoms with Crippen LogP contribution in [0.3, 0.4) is 0 Å². The summed E-state index contributed by atoms with van der Waals surface area (Å²) in [6.07, 6.45) is 0.134. The first-order valence-corrected chi connectivity index (χ1v) is 8.35. The van der Waals surface area contributed by atoms with Crippen molar-refractivity contribution in [2.24, 2.45) is 0 Å². The lowest BCUT2D eigenvalue weighted by Crippen LogP contribution is -2.46. The SMILES string of the molecule is O=C(CNC(=O)c1ccccc1)N[C@H](Cc1ccccc1Br)C(=O)O. The van der Waals surface area contributed by atoms with Crippen LogP contribution in [0, 0.1) is 0 Å². The predicted molar refractivity (Wildman–Crippen MR) is 96.2 cm³/mol. The summed E-state index contributed by atoms with van der Waals surface area (Å²) in [6.45, 7) is -0.298. The highest BCUT2D eigenvalue weighted by Gasteiger charge is 2.21. The van der Waals surface area contributed by atoms with E-state index in [-0.39, 0.29) is 13.0 Å². The average molecular weight is 405 g/mol. The van der Waals surface area contributed by atoms with E-state index in [1.54, 1.807) is 48.5 Å². The molecule has 0 radical (unpaired) electrons. The van der Waals surface area contributed by atoms with Gasteiger partial charge in [-0.1, -0.05) is 52.3 Å². The van der Waals surface area contributed by atoms with Crippen LogP contribution in [0.15, 0.2) is 59.1 Å². The Balaban J connectivity index is 1.91. The van der Waals surface area contributed by atoms with Crippen molar-refractivity contribution in [3.05, 3.63) is 70.2 Å². The van der Waals surface area contributed by atoms with Crippen molar-refractivity contribution >= 4 is 33.7 Å². The molecule has 0 heterocycles. The van der Waals surface area contributed by atoms with Crippen molar-refractivity contribution in [1.29, 1.82) is 0 Å². The molecular formula is C18H17BrN2O4. The van der Waals surface area contributed by atoms with Gasteiger partial charge in [0.1, 0.15) is 6.04 Å². The number of halogens is 1. The minimum Gasteiger partial charge on any atom is -0.480 e. The highest BCUT2D eigenvalue weighted by molar-refractivity contribution is 9.10. The molecule has 0 aliphatic carbocycles. The second kappa shape index (κ2) is 8.98. The second-order valence-electron chi connectivity index (χ2n) is 5.30. The average Bonchev–Trinajstić information content (AvgIpc) is 2.61. The molecule has 0 aliphatic rings. The highest BCUT2D eigenvalue weighted by Crippen LogP contribution is 2.17. The summed E-state index contributed by atoms with van der Waals surface area (Å²) in [5, 5.41) is 14.2. The molecule has 0 spiro atoms. The van der Waals surface area contributed by atoms with Gasteiger partial charge in [-0.25, -0.2) is 4.79 Å². The fourth-order valence-electron chi connectivity index (χ4n) is 2.18. The molecule has 0 aromatic heterocycles. The van der Waals surface area contributed by atoms with E-state index in [4.69, 9.17) is 0 Å². The maximum Gasteiger partial charge on any atom is 0.326 e. The van der Waals surface area contributed by atoms with Crippen LogP contribution >= 0.6 is 15.9 Å². The van der Waals surface area contributed by atoms with Gasteiger partial charge in [0.2, 0.25) is 5.91 Å². The van der Waals surface area contributed by atoms with Crippen LogP contribution in [0.4, 0.5) is 0 Å². The van der Waals surface area contributed by atoms with E-state index < -0.39 is 23.8 Å². The number of nitrogens with one attached hydrogen (secondary N) is 2. The summed E-state index contributed by atoms with van der Waals surface area (Å²) in [4.78, 5) is 35.3. The van der Waals surface area contributed by atoms with Gasteiger partial charge in [0.05, 0.1) is 6.54 Å². The summed E-state index contributed by atoms with van der Waals surface area (Å²) < 4.78 is 0.771. The summed E-state index contributed by atoms with van der Waals surface area (Å²) >= 11 is 3.35. The number of hydrogen-bond donors (Lipinski definition) is 3. The first-order valence-electron chi connectivity index (χ1n) is 7.56. The van der Waals surface area contributed by atoms with E-state index in [1.165, 1.54) is 0 Å². The lowest BCUT2D eigenvalue weighted by molar-refractivity contribution is -0.141. The molecule has 0 unspecified atom stereocenters. The minimum atomic E-state index is -1.14. The van der Waals surface area contributed by atoms with Crippen molar-refractivity contribution < 1.29 is 19.5 Å². The largest absolute Gasteiger partial charge is 0.480 e. The van der Waals surface area contributed by atoms with Gasteiger partial charge in [-0.2, -0.15) is 0 Å². The van der Waals surface area contributed by atoms with Gasteiger partial charge in [-0.05, 0) is 23.8 Å². The molecular weight excluding hydrogens is 388 g/mol. The molecule has 0 aliphatic heterocycles. The molecule has 25 heavy (non-hydrogen) atoms. The van der Waals surface area contributed by atoms with E-state index >= 15 is 0 Å². The quantitative estimate of drug-likeness (QED) is 0.657. The predicted octanol–water partition coefficient (Wildman–Crippen LogP) is 1.99. The van der Waals surface area contributed by atoms with Gasteiger partial charge in [0.25, 0.3) is 5.91 Å². The smallest absolute Gasteiger partial charge is 0.326 e. The van der Waals surface area contributed by atoms with Gasteiger partial charge in [-0.15, -0.1) is 0 Å². The molecule has 1 atom stereocenters.